The zero-order valence-electron chi connectivity index (χ0n) is 12.0. The van der Waals surface area contributed by atoms with Crippen molar-refractivity contribution in [1.82, 2.24) is 20.1 Å². The van der Waals surface area contributed by atoms with Gasteiger partial charge in [-0.15, -0.1) is 0 Å². The van der Waals surface area contributed by atoms with E-state index in [4.69, 9.17) is 0 Å². The van der Waals surface area contributed by atoms with E-state index in [9.17, 15) is 0 Å². The summed E-state index contributed by atoms with van der Waals surface area (Å²) in [6.45, 7) is 6.16. The molecular formula is C15H21BrN4. The smallest absolute Gasteiger partial charge is 0.0699 e. The van der Waals surface area contributed by atoms with Crippen molar-refractivity contribution in [3.05, 3.63) is 46.5 Å². The lowest BCUT2D eigenvalue weighted by molar-refractivity contribution is 0.476. The molecule has 2 aromatic rings. The second-order valence-corrected chi connectivity index (χ2v) is 5.63. The van der Waals surface area contributed by atoms with Crippen LogP contribution in [0, 0.1) is 0 Å². The summed E-state index contributed by atoms with van der Waals surface area (Å²) in [5.41, 5.74) is 2.45. The van der Waals surface area contributed by atoms with Gasteiger partial charge >= 0.3 is 0 Å². The SMILES string of the molecule is CCCn1ncc(Br)c1C(Cc1cccnc1)NCC. The van der Waals surface area contributed by atoms with E-state index in [0.29, 0.717) is 0 Å². The van der Waals surface area contributed by atoms with Crippen molar-refractivity contribution >= 4 is 15.9 Å². The van der Waals surface area contributed by atoms with Gasteiger partial charge in [-0.25, -0.2) is 0 Å². The van der Waals surface area contributed by atoms with Gasteiger partial charge in [0.05, 0.1) is 22.4 Å². The number of likely N-dealkylation sites (N-methyl/N-ethyl adjacent to an activating group) is 1. The highest BCUT2D eigenvalue weighted by Gasteiger charge is 2.19. The van der Waals surface area contributed by atoms with E-state index < -0.39 is 0 Å². The number of pyridine rings is 1. The Morgan fingerprint density at radius 1 is 1.35 bits per heavy atom. The Morgan fingerprint density at radius 2 is 2.20 bits per heavy atom. The third kappa shape index (κ3) is 3.67. The number of hydrogen-bond donors (Lipinski definition) is 1. The van der Waals surface area contributed by atoms with Crippen LogP contribution in [0.15, 0.2) is 35.2 Å². The molecular weight excluding hydrogens is 316 g/mol. The summed E-state index contributed by atoms with van der Waals surface area (Å²) in [5, 5.41) is 8.02. The Morgan fingerprint density at radius 3 is 2.85 bits per heavy atom. The monoisotopic (exact) mass is 336 g/mol. The summed E-state index contributed by atoms with van der Waals surface area (Å²) in [6, 6.07) is 4.34. The maximum absolute atomic E-state index is 4.46. The van der Waals surface area contributed by atoms with Crippen molar-refractivity contribution in [2.24, 2.45) is 0 Å². The van der Waals surface area contributed by atoms with Crippen molar-refractivity contribution in [2.75, 3.05) is 6.54 Å². The Kier molecular flexibility index (Phi) is 5.73. The van der Waals surface area contributed by atoms with Crippen LogP contribution >= 0.6 is 15.9 Å². The summed E-state index contributed by atoms with van der Waals surface area (Å²) < 4.78 is 3.16. The van der Waals surface area contributed by atoms with Gasteiger partial charge < -0.3 is 5.32 Å². The van der Waals surface area contributed by atoms with Crippen LogP contribution in [0.25, 0.3) is 0 Å². The van der Waals surface area contributed by atoms with E-state index in [1.54, 1.807) is 0 Å². The highest BCUT2D eigenvalue weighted by molar-refractivity contribution is 9.10. The summed E-state index contributed by atoms with van der Waals surface area (Å²) >= 11 is 3.63. The van der Waals surface area contributed by atoms with Crippen LogP contribution in [0.1, 0.15) is 37.6 Å². The Labute approximate surface area is 128 Å². The molecule has 4 nitrogen and oxygen atoms in total. The molecule has 2 aromatic heterocycles. The molecule has 0 aromatic carbocycles. The highest BCUT2D eigenvalue weighted by Crippen LogP contribution is 2.26. The molecule has 108 valence electrons. The van der Waals surface area contributed by atoms with Crippen LogP contribution in [-0.4, -0.2) is 21.3 Å². The molecule has 0 saturated heterocycles. The number of aryl methyl sites for hydroxylation is 1. The van der Waals surface area contributed by atoms with Gasteiger partial charge in [-0.1, -0.05) is 19.9 Å². The standard InChI is InChI=1S/C15H21BrN4/c1-3-8-20-15(13(16)11-19-20)14(18-4-2)9-12-6-5-7-17-10-12/h5-7,10-11,14,18H,3-4,8-9H2,1-2H3. The second-order valence-electron chi connectivity index (χ2n) is 4.78. The fraction of sp³-hybridized carbons (Fsp3) is 0.467. The molecule has 0 bridgehead atoms. The Bertz CT molecular complexity index is 524. The molecule has 1 N–H and O–H groups in total. The fourth-order valence-electron chi connectivity index (χ4n) is 2.37. The van der Waals surface area contributed by atoms with E-state index in [1.807, 2.05) is 24.7 Å². The molecule has 5 heteroatoms. The maximum atomic E-state index is 4.46. The van der Waals surface area contributed by atoms with Crippen molar-refractivity contribution in [1.29, 1.82) is 0 Å². The van der Waals surface area contributed by atoms with Gasteiger partial charge in [0.1, 0.15) is 0 Å². The van der Waals surface area contributed by atoms with Crippen molar-refractivity contribution in [3.63, 3.8) is 0 Å². The van der Waals surface area contributed by atoms with Crippen molar-refractivity contribution in [2.45, 2.75) is 39.3 Å². The predicted octanol–water partition coefficient (Wildman–Crippen LogP) is 3.34. The van der Waals surface area contributed by atoms with Crippen molar-refractivity contribution in [3.8, 4) is 0 Å². The van der Waals surface area contributed by atoms with Crippen LogP contribution < -0.4 is 5.32 Å². The zero-order valence-corrected chi connectivity index (χ0v) is 13.6. The Balaban J connectivity index is 2.26. The second kappa shape index (κ2) is 7.55. The number of nitrogens with zero attached hydrogens (tertiary/aromatic N) is 3. The van der Waals surface area contributed by atoms with Crippen LogP contribution in [-0.2, 0) is 13.0 Å². The minimum absolute atomic E-state index is 0.243. The first-order chi connectivity index (χ1) is 9.76. The number of hydrogen-bond acceptors (Lipinski definition) is 3. The lowest BCUT2D eigenvalue weighted by atomic mass is 10.0. The third-order valence-electron chi connectivity index (χ3n) is 3.21. The lowest BCUT2D eigenvalue weighted by Gasteiger charge is -2.20. The van der Waals surface area contributed by atoms with E-state index >= 15 is 0 Å². The summed E-state index contributed by atoms with van der Waals surface area (Å²) in [6.07, 6.45) is 7.61. The molecule has 2 rings (SSSR count). The Hall–Kier alpha value is -1.20. The minimum atomic E-state index is 0.243. The molecule has 0 aliphatic rings. The molecule has 2 heterocycles. The molecule has 0 aliphatic carbocycles. The molecule has 0 fully saturated rings. The molecule has 20 heavy (non-hydrogen) atoms. The first-order valence-corrected chi connectivity index (χ1v) is 7.89. The molecule has 0 saturated carbocycles. The first-order valence-electron chi connectivity index (χ1n) is 7.09. The van der Waals surface area contributed by atoms with Gasteiger partial charge in [0.25, 0.3) is 0 Å². The average molecular weight is 337 g/mol. The quantitative estimate of drug-likeness (QED) is 0.843. The van der Waals surface area contributed by atoms with Crippen LogP contribution in [0.5, 0.6) is 0 Å². The predicted molar refractivity (Wildman–Crippen MR) is 84.6 cm³/mol. The van der Waals surface area contributed by atoms with Gasteiger partial charge in [-0.05, 0) is 46.9 Å². The summed E-state index contributed by atoms with van der Waals surface area (Å²) in [5.74, 6) is 0. The highest BCUT2D eigenvalue weighted by atomic mass is 79.9. The average Bonchev–Trinajstić information content (AvgIpc) is 2.81. The van der Waals surface area contributed by atoms with E-state index in [0.717, 1.165) is 30.4 Å². The number of halogens is 1. The maximum Gasteiger partial charge on any atom is 0.0699 e. The van der Waals surface area contributed by atoms with E-state index in [2.05, 4.69) is 55.9 Å². The molecule has 0 aliphatic heterocycles. The van der Waals surface area contributed by atoms with E-state index in [1.165, 1.54) is 11.3 Å². The lowest BCUT2D eigenvalue weighted by Crippen LogP contribution is -2.26. The van der Waals surface area contributed by atoms with Crippen LogP contribution in [0.4, 0.5) is 0 Å². The molecule has 1 atom stereocenters. The van der Waals surface area contributed by atoms with Gasteiger partial charge in [-0.2, -0.15) is 5.10 Å². The summed E-state index contributed by atoms with van der Waals surface area (Å²) in [4.78, 5) is 4.20. The number of nitrogens with one attached hydrogen (secondary N) is 1. The first kappa shape index (κ1) is 15.2. The fourth-order valence-corrected chi connectivity index (χ4v) is 2.95. The largest absolute Gasteiger partial charge is 0.309 e. The number of aromatic nitrogens is 3. The van der Waals surface area contributed by atoms with Gasteiger partial charge in [0.15, 0.2) is 0 Å². The topological polar surface area (TPSA) is 42.7 Å². The van der Waals surface area contributed by atoms with Gasteiger partial charge in [0, 0.05) is 18.9 Å². The van der Waals surface area contributed by atoms with Crippen molar-refractivity contribution < 1.29 is 0 Å². The summed E-state index contributed by atoms with van der Waals surface area (Å²) in [7, 11) is 0. The van der Waals surface area contributed by atoms with Crippen LogP contribution in [0.2, 0.25) is 0 Å². The third-order valence-corrected chi connectivity index (χ3v) is 3.82. The minimum Gasteiger partial charge on any atom is -0.309 e. The zero-order chi connectivity index (χ0) is 14.4. The molecule has 1 unspecified atom stereocenters. The van der Waals surface area contributed by atoms with Gasteiger partial charge in [0.2, 0.25) is 0 Å². The molecule has 0 radical (unpaired) electrons. The molecule has 0 amide bonds. The normalized spacial score (nSPS) is 12.6. The van der Waals surface area contributed by atoms with Crippen LogP contribution in [0.3, 0.4) is 0 Å². The number of rotatable bonds is 7. The van der Waals surface area contributed by atoms with Gasteiger partial charge in [-0.3, -0.25) is 9.67 Å². The van der Waals surface area contributed by atoms with E-state index in [-0.39, 0.29) is 6.04 Å². The molecule has 0 spiro atoms.